The van der Waals surface area contributed by atoms with Gasteiger partial charge in [-0.05, 0) is 37.8 Å². The molecule has 5 rings (SSSR count). The predicted molar refractivity (Wildman–Crippen MR) is 117 cm³/mol. The van der Waals surface area contributed by atoms with Crippen molar-refractivity contribution in [2.75, 3.05) is 50.7 Å². The zero-order valence-electron chi connectivity index (χ0n) is 17.9. The third kappa shape index (κ3) is 3.79. The largest absolute Gasteiger partial charge is 0.364 e. The molecule has 3 heterocycles. The molecule has 5 heteroatoms. The average molecular weight is 397 g/mol. The summed E-state index contributed by atoms with van der Waals surface area (Å²) in [5.74, 6) is 0.340. The van der Waals surface area contributed by atoms with Gasteiger partial charge in [0.2, 0.25) is 5.91 Å². The lowest BCUT2D eigenvalue weighted by molar-refractivity contribution is -0.138. The molecular formula is C24H36N4O. The number of rotatable bonds is 3. The molecule has 1 aliphatic carbocycles. The molecule has 2 saturated heterocycles. The lowest BCUT2D eigenvalue weighted by Crippen LogP contribution is -2.60. The number of anilines is 1. The predicted octanol–water partition coefficient (Wildman–Crippen LogP) is 2.60. The second-order valence-electron chi connectivity index (χ2n) is 9.50. The topological polar surface area (TPSA) is 30.0 Å². The Hall–Kier alpha value is -1.59. The van der Waals surface area contributed by atoms with Gasteiger partial charge in [0.15, 0.2) is 0 Å². The van der Waals surface area contributed by atoms with E-state index in [4.69, 9.17) is 0 Å². The fourth-order valence-electron chi connectivity index (χ4n) is 6.12. The maximum absolute atomic E-state index is 13.3. The Morgan fingerprint density at radius 1 is 0.931 bits per heavy atom. The Morgan fingerprint density at radius 2 is 1.69 bits per heavy atom. The van der Waals surface area contributed by atoms with Gasteiger partial charge >= 0.3 is 0 Å². The van der Waals surface area contributed by atoms with Gasteiger partial charge in [-0.3, -0.25) is 14.6 Å². The van der Waals surface area contributed by atoms with Crippen LogP contribution in [0.15, 0.2) is 24.3 Å². The summed E-state index contributed by atoms with van der Waals surface area (Å²) in [6.07, 6.45) is 8.05. The van der Waals surface area contributed by atoms with Crippen LogP contribution in [-0.2, 0) is 11.2 Å². The van der Waals surface area contributed by atoms with E-state index in [1.54, 1.807) is 0 Å². The summed E-state index contributed by atoms with van der Waals surface area (Å²) in [7, 11) is 0. The first-order valence-corrected chi connectivity index (χ1v) is 11.8. The van der Waals surface area contributed by atoms with Crippen molar-refractivity contribution in [3.8, 4) is 0 Å². The Balaban J connectivity index is 1.15. The third-order valence-corrected chi connectivity index (χ3v) is 7.90. The van der Waals surface area contributed by atoms with E-state index in [0.29, 0.717) is 11.9 Å². The molecule has 3 fully saturated rings. The van der Waals surface area contributed by atoms with E-state index in [2.05, 4.69) is 50.8 Å². The molecule has 1 aromatic rings. The lowest BCUT2D eigenvalue weighted by Gasteiger charge is -2.44. The van der Waals surface area contributed by atoms with Gasteiger partial charge in [0.25, 0.3) is 0 Å². The number of nitrogens with zero attached hydrogens (tertiary/aromatic N) is 4. The number of piperazine rings is 2. The van der Waals surface area contributed by atoms with Crippen LogP contribution in [0.5, 0.6) is 0 Å². The molecule has 1 saturated carbocycles. The summed E-state index contributed by atoms with van der Waals surface area (Å²) in [6.45, 7) is 9.18. The van der Waals surface area contributed by atoms with E-state index in [0.717, 1.165) is 58.3 Å². The normalized spacial score (nSPS) is 27.6. The van der Waals surface area contributed by atoms with Crippen molar-refractivity contribution in [1.29, 1.82) is 0 Å². The van der Waals surface area contributed by atoms with Crippen LogP contribution in [0.1, 0.15) is 44.6 Å². The van der Waals surface area contributed by atoms with Gasteiger partial charge in [0, 0.05) is 57.5 Å². The van der Waals surface area contributed by atoms with Crippen molar-refractivity contribution < 1.29 is 4.79 Å². The second kappa shape index (κ2) is 8.27. The van der Waals surface area contributed by atoms with Gasteiger partial charge in [-0.15, -0.1) is 0 Å². The van der Waals surface area contributed by atoms with Gasteiger partial charge in [-0.2, -0.15) is 0 Å². The van der Waals surface area contributed by atoms with Crippen molar-refractivity contribution in [2.45, 2.75) is 63.6 Å². The first kappa shape index (κ1) is 19.4. The molecule has 4 aliphatic rings. The van der Waals surface area contributed by atoms with Crippen LogP contribution in [0.25, 0.3) is 0 Å². The maximum atomic E-state index is 13.3. The summed E-state index contributed by atoms with van der Waals surface area (Å²) < 4.78 is 0. The van der Waals surface area contributed by atoms with E-state index in [9.17, 15) is 4.79 Å². The van der Waals surface area contributed by atoms with Crippen molar-refractivity contribution in [3.63, 3.8) is 0 Å². The van der Waals surface area contributed by atoms with Crippen LogP contribution in [-0.4, -0.2) is 84.5 Å². The molecular weight excluding hydrogens is 360 g/mol. The minimum Gasteiger partial charge on any atom is -0.364 e. The van der Waals surface area contributed by atoms with Crippen LogP contribution >= 0.6 is 0 Å². The second-order valence-corrected chi connectivity index (χ2v) is 9.50. The minimum absolute atomic E-state index is 0.0128. The maximum Gasteiger partial charge on any atom is 0.239 e. The standard InChI is InChI=1S/C24H36N4O/c1-19(25-11-13-26(14-12-25)21-8-3-2-4-9-21)24(29)27-15-16-28-22(18-27)17-20-7-5-6-10-23(20)28/h5-7,10,19,21-22H,2-4,8-9,11-18H2,1H3/t19-,22-/m1/s1. The van der Waals surface area contributed by atoms with Crippen LogP contribution in [0, 0.1) is 0 Å². The number of para-hydroxylation sites is 1. The molecule has 1 amide bonds. The Kier molecular flexibility index (Phi) is 5.53. The van der Waals surface area contributed by atoms with Gasteiger partial charge in [-0.25, -0.2) is 0 Å². The molecule has 0 unspecified atom stereocenters. The monoisotopic (exact) mass is 396 g/mol. The van der Waals surface area contributed by atoms with Crippen LogP contribution < -0.4 is 4.90 Å². The molecule has 5 nitrogen and oxygen atoms in total. The summed E-state index contributed by atoms with van der Waals surface area (Å²) in [5.41, 5.74) is 2.83. The van der Waals surface area contributed by atoms with Crippen LogP contribution in [0.4, 0.5) is 5.69 Å². The van der Waals surface area contributed by atoms with Crippen molar-refractivity contribution in [2.24, 2.45) is 0 Å². The molecule has 158 valence electrons. The Labute approximate surface area is 175 Å². The summed E-state index contributed by atoms with van der Waals surface area (Å²) in [5, 5.41) is 0. The first-order chi connectivity index (χ1) is 14.2. The average Bonchev–Trinajstić information content (AvgIpc) is 3.16. The highest BCUT2D eigenvalue weighted by molar-refractivity contribution is 5.82. The lowest BCUT2D eigenvalue weighted by atomic mass is 9.93. The number of benzene rings is 1. The van der Waals surface area contributed by atoms with Crippen LogP contribution in [0.3, 0.4) is 0 Å². The molecule has 29 heavy (non-hydrogen) atoms. The van der Waals surface area contributed by atoms with E-state index in [-0.39, 0.29) is 6.04 Å². The van der Waals surface area contributed by atoms with Gasteiger partial charge in [0.05, 0.1) is 12.1 Å². The molecule has 1 aromatic carbocycles. The number of carbonyl (C=O) groups excluding carboxylic acids is 1. The summed E-state index contributed by atoms with van der Waals surface area (Å²) >= 11 is 0. The number of hydrogen-bond acceptors (Lipinski definition) is 4. The molecule has 0 spiro atoms. The van der Waals surface area contributed by atoms with E-state index >= 15 is 0 Å². The fraction of sp³-hybridized carbons (Fsp3) is 0.708. The fourth-order valence-corrected chi connectivity index (χ4v) is 6.12. The van der Waals surface area contributed by atoms with Crippen LogP contribution in [0.2, 0.25) is 0 Å². The first-order valence-electron chi connectivity index (χ1n) is 11.8. The van der Waals surface area contributed by atoms with Gasteiger partial charge in [0.1, 0.15) is 0 Å². The number of fused-ring (bicyclic) bond motifs is 3. The Bertz CT molecular complexity index is 723. The Morgan fingerprint density at radius 3 is 2.48 bits per heavy atom. The molecule has 0 aromatic heterocycles. The zero-order valence-corrected chi connectivity index (χ0v) is 17.9. The quantitative estimate of drug-likeness (QED) is 0.786. The van der Waals surface area contributed by atoms with Crippen molar-refractivity contribution in [1.82, 2.24) is 14.7 Å². The highest BCUT2D eigenvalue weighted by Gasteiger charge is 2.38. The van der Waals surface area contributed by atoms with Crippen molar-refractivity contribution in [3.05, 3.63) is 29.8 Å². The number of hydrogen-bond donors (Lipinski definition) is 0. The molecule has 0 bridgehead atoms. The smallest absolute Gasteiger partial charge is 0.239 e. The summed E-state index contributed by atoms with van der Waals surface area (Å²) in [6, 6.07) is 10.0. The highest BCUT2D eigenvalue weighted by atomic mass is 16.2. The van der Waals surface area contributed by atoms with E-state index in [1.165, 1.54) is 43.4 Å². The SMILES string of the molecule is C[C@H](C(=O)N1CCN2c3ccccc3C[C@@H]2C1)N1CCN(C2CCCCC2)CC1. The minimum atomic E-state index is 0.0128. The molecule has 0 radical (unpaired) electrons. The molecule has 3 aliphatic heterocycles. The highest BCUT2D eigenvalue weighted by Crippen LogP contribution is 2.34. The third-order valence-electron chi connectivity index (χ3n) is 7.90. The number of amides is 1. The van der Waals surface area contributed by atoms with Gasteiger partial charge < -0.3 is 9.80 Å². The number of carbonyl (C=O) groups is 1. The van der Waals surface area contributed by atoms with Gasteiger partial charge in [-0.1, -0.05) is 37.5 Å². The summed E-state index contributed by atoms with van der Waals surface area (Å²) in [4.78, 5) is 23.1. The van der Waals surface area contributed by atoms with Crippen molar-refractivity contribution >= 4 is 11.6 Å². The zero-order chi connectivity index (χ0) is 19.8. The molecule has 2 atom stereocenters. The van der Waals surface area contributed by atoms with E-state index in [1.807, 2.05) is 0 Å². The molecule has 0 N–H and O–H groups in total. The van der Waals surface area contributed by atoms with E-state index < -0.39 is 0 Å².